The average molecular weight is 527 g/mol. The van der Waals surface area contributed by atoms with Crippen LogP contribution in [0.3, 0.4) is 0 Å². The fourth-order valence-corrected chi connectivity index (χ4v) is 3.68. The number of guanidine groups is 1. The molecule has 134 valence electrons. The van der Waals surface area contributed by atoms with Gasteiger partial charge in [-0.05, 0) is 47.8 Å². The molecular weight excluding hydrogens is 503 g/mol. The minimum absolute atomic E-state index is 0. The molecule has 6 nitrogen and oxygen atoms in total. The topological polar surface area (TPSA) is 58.3 Å². The number of halogens is 2. The molecule has 2 heterocycles. The molecule has 0 bridgehead atoms. The summed E-state index contributed by atoms with van der Waals surface area (Å²) in [5.41, 5.74) is 0. The number of nitrogens with one attached hydrogen (secondary N) is 1. The molecule has 0 atom stereocenters. The van der Waals surface area contributed by atoms with Crippen LogP contribution < -0.4 is 5.32 Å². The van der Waals surface area contributed by atoms with Crippen molar-refractivity contribution in [3.8, 4) is 0 Å². The van der Waals surface area contributed by atoms with Crippen LogP contribution in [0, 0.1) is 0 Å². The second-order valence-electron chi connectivity index (χ2n) is 5.20. The van der Waals surface area contributed by atoms with Crippen molar-refractivity contribution in [3.63, 3.8) is 0 Å². The number of aromatic nitrogens is 3. The first kappa shape index (κ1) is 21.4. The summed E-state index contributed by atoms with van der Waals surface area (Å²) < 4.78 is 3.16. The van der Waals surface area contributed by atoms with Crippen LogP contribution in [0.4, 0.5) is 0 Å². The number of hydrogen-bond donors (Lipinski definition) is 1. The van der Waals surface area contributed by atoms with Crippen molar-refractivity contribution in [1.82, 2.24) is 25.0 Å². The standard InChI is InChI=1S/C15H23BrN6S.HI/c1-3-17-15(21(2)10-13-6-7-14(16)23-13)18-8-4-5-9-22-11-19-20-12-22;/h6-7,11-12H,3-5,8-10H2,1-2H3,(H,17,18);1H. The third-order valence-electron chi connectivity index (χ3n) is 3.27. The monoisotopic (exact) mass is 526 g/mol. The third kappa shape index (κ3) is 7.47. The lowest BCUT2D eigenvalue weighted by Gasteiger charge is -2.21. The molecule has 2 aromatic rings. The zero-order valence-electron chi connectivity index (χ0n) is 14.0. The largest absolute Gasteiger partial charge is 0.357 e. The van der Waals surface area contributed by atoms with Gasteiger partial charge in [-0.25, -0.2) is 0 Å². The third-order valence-corrected chi connectivity index (χ3v) is 4.88. The first-order valence-corrected chi connectivity index (χ1v) is 9.36. The quantitative estimate of drug-likeness (QED) is 0.247. The van der Waals surface area contributed by atoms with Gasteiger partial charge in [0.2, 0.25) is 0 Å². The van der Waals surface area contributed by atoms with Crippen molar-refractivity contribution in [2.45, 2.75) is 32.9 Å². The van der Waals surface area contributed by atoms with Crippen LogP contribution in [0.15, 0.2) is 33.6 Å². The highest BCUT2D eigenvalue weighted by atomic mass is 127. The Bertz CT molecular complexity index is 601. The Morgan fingerprint density at radius 1 is 1.33 bits per heavy atom. The summed E-state index contributed by atoms with van der Waals surface area (Å²) in [5.74, 6) is 0.960. The number of aliphatic imine (C=N–C) groups is 1. The van der Waals surface area contributed by atoms with E-state index in [0.29, 0.717) is 0 Å². The second kappa shape index (κ2) is 11.8. The van der Waals surface area contributed by atoms with Crippen molar-refractivity contribution >= 4 is 57.2 Å². The van der Waals surface area contributed by atoms with Gasteiger partial charge in [-0.1, -0.05) is 0 Å². The summed E-state index contributed by atoms with van der Waals surface area (Å²) in [6.07, 6.45) is 5.62. The lowest BCUT2D eigenvalue weighted by molar-refractivity contribution is 0.480. The van der Waals surface area contributed by atoms with Crippen LogP contribution >= 0.6 is 51.2 Å². The van der Waals surface area contributed by atoms with Crippen molar-refractivity contribution in [2.24, 2.45) is 4.99 Å². The molecule has 24 heavy (non-hydrogen) atoms. The van der Waals surface area contributed by atoms with Gasteiger partial charge in [0, 0.05) is 31.6 Å². The van der Waals surface area contributed by atoms with E-state index in [4.69, 9.17) is 4.99 Å². The molecule has 2 rings (SSSR count). The smallest absolute Gasteiger partial charge is 0.193 e. The maximum absolute atomic E-state index is 4.72. The summed E-state index contributed by atoms with van der Waals surface area (Å²) in [6, 6.07) is 4.23. The van der Waals surface area contributed by atoms with E-state index < -0.39 is 0 Å². The van der Waals surface area contributed by atoms with Gasteiger partial charge >= 0.3 is 0 Å². The molecule has 0 saturated carbocycles. The van der Waals surface area contributed by atoms with Crippen LogP contribution in [-0.2, 0) is 13.1 Å². The number of aryl methyl sites for hydroxylation is 1. The summed E-state index contributed by atoms with van der Waals surface area (Å²) >= 11 is 5.27. The van der Waals surface area contributed by atoms with Gasteiger partial charge in [0.25, 0.3) is 0 Å². The zero-order valence-corrected chi connectivity index (χ0v) is 18.7. The van der Waals surface area contributed by atoms with Crippen molar-refractivity contribution < 1.29 is 0 Å². The highest BCUT2D eigenvalue weighted by molar-refractivity contribution is 14.0. The van der Waals surface area contributed by atoms with Crippen LogP contribution in [0.1, 0.15) is 24.6 Å². The van der Waals surface area contributed by atoms with E-state index in [9.17, 15) is 0 Å². The molecule has 0 saturated heterocycles. The highest BCUT2D eigenvalue weighted by Crippen LogP contribution is 2.22. The number of hydrogen-bond acceptors (Lipinski definition) is 4. The molecule has 0 radical (unpaired) electrons. The molecule has 9 heteroatoms. The minimum Gasteiger partial charge on any atom is -0.357 e. The Kier molecular flexibility index (Phi) is 10.5. The van der Waals surface area contributed by atoms with Gasteiger partial charge in [0.05, 0.1) is 10.3 Å². The summed E-state index contributed by atoms with van der Waals surface area (Å²) in [5, 5.41) is 11.0. The number of rotatable bonds is 8. The first-order valence-electron chi connectivity index (χ1n) is 7.75. The van der Waals surface area contributed by atoms with E-state index in [1.807, 2.05) is 4.57 Å². The molecule has 0 aliphatic carbocycles. The molecular formula is C15H24BrIN6S. The summed E-state index contributed by atoms with van der Waals surface area (Å²) in [4.78, 5) is 8.20. The lowest BCUT2D eigenvalue weighted by atomic mass is 10.3. The fourth-order valence-electron chi connectivity index (χ4n) is 2.14. The zero-order chi connectivity index (χ0) is 16.5. The number of nitrogens with zero attached hydrogens (tertiary/aromatic N) is 5. The van der Waals surface area contributed by atoms with Gasteiger partial charge in [-0.2, -0.15) is 0 Å². The Morgan fingerprint density at radius 2 is 2.08 bits per heavy atom. The number of unbranched alkanes of at least 4 members (excludes halogenated alkanes) is 1. The number of thiophene rings is 1. The van der Waals surface area contributed by atoms with Crippen LogP contribution in [0.5, 0.6) is 0 Å². The van der Waals surface area contributed by atoms with E-state index in [0.717, 1.165) is 48.8 Å². The van der Waals surface area contributed by atoms with Crippen molar-refractivity contribution in [1.29, 1.82) is 0 Å². The fraction of sp³-hybridized carbons (Fsp3) is 0.533. The van der Waals surface area contributed by atoms with E-state index >= 15 is 0 Å². The molecule has 2 aromatic heterocycles. The molecule has 0 aromatic carbocycles. The molecule has 0 fully saturated rings. The van der Waals surface area contributed by atoms with E-state index in [-0.39, 0.29) is 24.0 Å². The van der Waals surface area contributed by atoms with Crippen molar-refractivity contribution in [2.75, 3.05) is 20.1 Å². The predicted molar refractivity (Wildman–Crippen MR) is 114 cm³/mol. The molecule has 0 unspecified atom stereocenters. The summed E-state index contributed by atoms with van der Waals surface area (Å²) in [7, 11) is 2.08. The lowest BCUT2D eigenvalue weighted by Crippen LogP contribution is -2.38. The maximum Gasteiger partial charge on any atom is 0.193 e. The Labute approximate surface area is 172 Å². The predicted octanol–water partition coefficient (Wildman–Crippen LogP) is 3.60. The molecule has 0 spiro atoms. The first-order chi connectivity index (χ1) is 11.2. The van der Waals surface area contributed by atoms with Crippen LogP contribution in [0.2, 0.25) is 0 Å². The Morgan fingerprint density at radius 3 is 2.71 bits per heavy atom. The maximum atomic E-state index is 4.72. The minimum atomic E-state index is 0. The summed E-state index contributed by atoms with van der Waals surface area (Å²) in [6.45, 7) is 5.60. The Balaban J connectivity index is 0.00000288. The molecule has 1 N–H and O–H groups in total. The van der Waals surface area contributed by atoms with E-state index in [1.54, 1.807) is 24.0 Å². The van der Waals surface area contributed by atoms with Gasteiger partial charge in [-0.15, -0.1) is 45.5 Å². The van der Waals surface area contributed by atoms with Crippen molar-refractivity contribution in [3.05, 3.63) is 33.5 Å². The molecule has 0 aliphatic heterocycles. The van der Waals surface area contributed by atoms with Crippen LogP contribution in [-0.4, -0.2) is 45.8 Å². The molecule has 0 amide bonds. The highest BCUT2D eigenvalue weighted by Gasteiger charge is 2.07. The van der Waals surface area contributed by atoms with E-state index in [1.165, 1.54) is 4.88 Å². The van der Waals surface area contributed by atoms with Gasteiger partial charge in [0.15, 0.2) is 5.96 Å². The van der Waals surface area contributed by atoms with Gasteiger partial charge in [0.1, 0.15) is 12.7 Å². The van der Waals surface area contributed by atoms with E-state index in [2.05, 4.69) is 62.4 Å². The SMILES string of the molecule is CCNC(=NCCCCn1cnnc1)N(C)Cc1ccc(Br)s1.I. The Hall–Kier alpha value is -0.680. The molecule has 0 aliphatic rings. The second-order valence-corrected chi connectivity index (χ2v) is 7.75. The van der Waals surface area contributed by atoms with Gasteiger partial charge in [-0.3, -0.25) is 4.99 Å². The van der Waals surface area contributed by atoms with Gasteiger partial charge < -0.3 is 14.8 Å². The van der Waals surface area contributed by atoms with Crippen LogP contribution in [0.25, 0.3) is 0 Å². The average Bonchev–Trinajstić information content (AvgIpc) is 3.17. The normalized spacial score (nSPS) is 11.2.